The van der Waals surface area contributed by atoms with E-state index in [2.05, 4.69) is 21.0 Å². The van der Waals surface area contributed by atoms with Gasteiger partial charge in [-0.2, -0.15) is 5.10 Å². The third-order valence-corrected chi connectivity index (χ3v) is 5.07. The quantitative estimate of drug-likeness (QED) is 0.803. The minimum Gasteiger partial charge on any atom is -0.291 e. The molecule has 0 unspecified atom stereocenters. The Bertz CT molecular complexity index is 685. The minimum atomic E-state index is -0.171. The second-order valence-corrected chi connectivity index (χ2v) is 6.26. The molecule has 0 N–H and O–H groups in total. The highest BCUT2D eigenvalue weighted by atomic mass is 79.9. The molecule has 100 valence electrons. The summed E-state index contributed by atoms with van der Waals surface area (Å²) >= 11 is 4.70. The second kappa shape index (κ2) is 5.05. The van der Waals surface area contributed by atoms with Crippen LogP contribution in [-0.2, 0) is 19.5 Å². The van der Waals surface area contributed by atoms with Gasteiger partial charge in [-0.25, -0.2) is 9.48 Å². The number of carbonyl (C=O) groups is 1. The number of thiophene rings is 1. The molecule has 19 heavy (non-hydrogen) atoms. The van der Waals surface area contributed by atoms with Crippen molar-refractivity contribution >= 4 is 33.0 Å². The third kappa shape index (κ3) is 2.32. The Morgan fingerprint density at radius 1 is 1.47 bits per heavy atom. The molecule has 3 heterocycles. The van der Waals surface area contributed by atoms with Crippen molar-refractivity contribution in [3.8, 4) is 0 Å². The van der Waals surface area contributed by atoms with Gasteiger partial charge in [0.2, 0.25) is 0 Å². The number of aromatic nitrogens is 3. The molecule has 0 spiro atoms. The van der Waals surface area contributed by atoms with Gasteiger partial charge >= 0.3 is 5.69 Å². The van der Waals surface area contributed by atoms with E-state index >= 15 is 0 Å². The summed E-state index contributed by atoms with van der Waals surface area (Å²) in [6.45, 7) is 0.725. The summed E-state index contributed by atoms with van der Waals surface area (Å²) in [6.07, 6.45) is 2.88. The lowest BCUT2D eigenvalue weighted by molar-refractivity contribution is 0.0969. The van der Waals surface area contributed by atoms with E-state index in [-0.39, 0.29) is 18.0 Å². The van der Waals surface area contributed by atoms with Crippen molar-refractivity contribution < 1.29 is 4.79 Å². The number of hydrogen-bond acceptors (Lipinski definition) is 4. The van der Waals surface area contributed by atoms with E-state index in [0.717, 1.165) is 29.6 Å². The van der Waals surface area contributed by atoms with Gasteiger partial charge in [0.1, 0.15) is 12.4 Å². The average Bonchev–Trinajstić information content (AvgIpc) is 2.95. The summed E-state index contributed by atoms with van der Waals surface area (Å²) < 4.78 is 3.74. The number of nitrogens with zero attached hydrogens (tertiary/aromatic N) is 3. The maximum absolute atomic E-state index is 12.1. The zero-order valence-electron chi connectivity index (χ0n) is 10.1. The van der Waals surface area contributed by atoms with E-state index in [9.17, 15) is 9.59 Å². The Kier molecular flexibility index (Phi) is 3.40. The topological polar surface area (TPSA) is 56.9 Å². The second-order valence-electron chi connectivity index (χ2n) is 4.49. The van der Waals surface area contributed by atoms with Gasteiger partial charge in [0.15, 0.2) is 5.78 Å². The van der Waals surface area contributed by atoms with E-state index < -0.39 is 0 Å². The number of rotatable bonds is 3. The molecule has 1 aliphatic heterocycles. The minimum absolute atomic E-state index is 0.0119. The Labute approximate surface area is 122 Å². The first-order chi connectivity index (χ1) is 9.16. The van der Waals surface area contributed by atoms with Crippen LogP contribution in [0, 0.1) is 0 Å². The lowest BCUT2D eigenvalue weighted by Crippen LogP contribution is -2.29. The Balaban J connectivity index is 1.88. The lowest BCUT2D eigenvalue weighted by Gasteiger charge is -2.09. The van der Waals surface area contributed by atoms with Gasteiger partial charge in [-0.15, -0.1) is 11.3 Å². The molecule has 2 aromatic heterocycles. The largest absolute Gasteiger partial charge is 0.346 e. The van der Waals surface area contributed by atoms with E-state index in [0.29, 0.717) is 11.4 Å². The first kappa shape index (κ1) is 12.8. The van der Waals surface area contributed by atoms with Gasteiger partial charge in [0, 0.05) is 17.4 Å². The van der Waals surface area contributed by atoms with Crippen LogP contribution < -0.4 is 5.69 Å². The van der Waals surface area contributed by atoms with Crippen LogP contribution in [0.5, 0.6) is 0 Å². The lowest BCUT2D eigenvalue weighted by atomic mass is 10.2. The van der Waals surface area contributed by atoms with Crippen molar-refractivity contribution in [1.29, 1.82) is 0 Å². The molecule has 0 aliphatic carbocycles. The number of halogens is 1. The van der Waals surface area contributed by atoms with Crippen LogP contribution in [-0.4, -0.2) is 20.1 Å². The molecule has 0 saturated carbocycles. The molecule has 0 radical (unpaired) electrons. The smallest absolute Gasteiger partial charge is 0.291 e. The summed E-state index contributed by atoms with van der Waals surface area (Å²) in [6, 6.07) is 1.83. The highest BCUT2D eigenvalue weighted by Crippen LogP contribution is 2.23. The maximum atomic E-state index is 12.1. The number of ketones is 1. The van der Waals surface area contributed by atoms with Crippen molar-refractivity contribution in [3.05, 3.63) is 37.1 Å². The summed E-state index contributed by atoms with van der Waals surface area (Å²) in [5.41, 5.74) is -0.171. The molecule has 0 fully saturated rings. The standard InChI is InChI=1S/C12H12BrN3O2S/c13-8-4-6-19-11(8)9(17)7-16-12(18)15-5-2-1-3-10(15)14-16/h4,6H,1-3,5,7H2. The molecule has 2 aromatic rings. The highest BCUT2D eigenvalue weighted by molar-refractivity contribution is 9.10. The SMILES string of the molecule is O=C(Cn1nc2n(c1=O)CCCC2)c1sccc1Br. The first-order valence-corrected chi connectivity index (χ1v) is 7.77. The molecule has 3 rings (SSSR count). The van der Waals surface area contributed by atoms with Crippen molar-refractivity contribution in [3.63, 3.8) is 0 Å². The average molecular weight is 342 g/mol. The van der Waals surface area contributed by atoms with Gasteiger partial charge in [-0.1, -0.05) is 0 Å². The number of aryl methyl sites for hydroxylation is 1. The predicted octanol–water partition coefficient (Wildman–Crippen LogP) is 2.09. The van der Waals surface area contributed by atoms with Crippen molar-refractivity contribution in [2.24, 2.45) is 0 Å². The van der Waals surface area contributed by atoms with E-state index in [1.807, 2.05) is 11.4 Å². The predicted molar refractivity (Wildman–Crippen MR) is 75.8 cm³/mol. The van der Waals surface area contributed by atoms with Crippen molar-refractivity contribution in [1.82, 2.24) is 14.3 Å². The monoisotopic (exact) mass is 341 g/mol. The summed E-state index contributed by atoms with van der Waals surface area (Å²) in [7, 11) is 0. The maximum Gasteiger partial charge on any atom is 0.346 e. The van der Waals surface area contributed by atoms with Gasteiger partial charge in [-0.3, -0.25) is 9.36 Å². The van der Waals surface area contributed by atoms with Crippen molar-refractivity contribution in [2.75, 3.05) is 0 Å². The van der Waals surface area contributed by atoms with E-state index in [1.165, 1.54) is 16.0 Å². The van der Waals surface area contributed by atoms with Gasteiger partial charge in [-0.05, 0) is 40.2 Å². The molecule has 7 heteroatoms. The fourth-order valence-electron chi connectivity index (χ4n) is 2.25. The van der Waals surface area contributed by atoms with Crippen LogP contribution >= 0.6 is 27.3 Å². The normalized spacial score (nSPS) is 14.4. The fraction of sp³-hybridized carbons (Fsp3) is 0.417. The summed E-state index contributed by atoms with van der Waals surface area (Å²) in [5, 5.41) is 6.11. The van der Waals surface area contributed by atoms with Crippen LogP contribution in [0.4, 0.5) is 0 Å². The zero-order chi connectivity index (χ0) is 13.4. The Hall–Kier alpha value is -1.21. The zero-order valence-corrected chi connectivity index (χ0v) is 12.5. The van der Waals surface area contributed by atoms with E-state index in [4.69, 9.17) is 0 Å². The van der Waals surface area contributed by atoms with Gasteiger partial charge < -0.3 is 0 Å². The number of carbonyl (C=O) groups excluding carboxylic acids is 1. The number of fused-ring (bicyclic) bond motifs is 1. The van der Waals surface area contributed by atoms with Crippen LogP contribution in [0.3, 0.4) is 0 Å². The number of Topliss-reactive ketones (excluding diaryl/α,β-unsaturated/α-hetero) is 1. The van der Waals surface area contributed by atoms with Crippen LogP contribution in [0.25, 0.3) is 0 Å². The van der Waals surface area contributed by atoms with Crippen LogP contribution in [0.1, 0.15) is 28.3 Å². The fourth-order valence-corrected chi connectivity index (χ4v) is 3.78. The molecule has 0 atom stereocenters. The van der Waals surface area contributed by atoms with Crippen LogP contribution in [0.15, 0.2) is 20.7 Å². The molecule has 5 nitrogen and oxygen atoms in total. The van der Waals surface area contributed by atoms with Crippen LogP contribution in [0.2, 0.25) is 0 Å². The molecule has 0 amide bonds. The Morgan fingerprint density at radius 2 is 2.32 bits per heavy atom. The van der Waals surface area contributed by atoms with E-state index in [1.54, 1.807) is 4.57 Å². The Morgan fingerprint density at radius 3 is 3.00 bits per heavy atom. The number of hydrogen-bond donors (Lipinski definition) is 0. The van der Waals surface area contributed by atoms with Gasteiger partial charge in [0.25, 0.3) is 0 Å². The highest BCUT2D eigenvalue weighted by Gasteiger charge is 2.19. The summed E-state index contributed by atoms with van der Waals surface area (Å²) in [5.74, 6) is 0.716. The summed E-state index contributed by atoms with van der Waals surface area (Å²) in [4.78, 5) is 24.9. The molecule has 0 aromatic carbocycles. The molecule has 0 saturated heterocycles. The molecule has 0 bridgehead atoms. The molecular formula is C12H12BrN3O2S. The van der Waals surface area contributed by atoms with Gasteiger partial charge in [0.05, 0.1) is 4.88 Å². The molecule has 1 aliphatic rings. The first-order valence-electron chi connectivity index (χ1n) is 6.09. The van der Waals surface area contributed by atoms with Crippen molar-refractivity contribution in [2.45, 2.75) is 32.4 Å². The third-order valence-electron chi connectivity index (χ3n) is 3.20. The molecular weight excluding hydrogens is 330 g/mol.